The molecule has 0 N–H and O–H groups in total. The van der Waals surface area contributed by atoms with Gasteiger partial charge in [-0.25, -0.2) is 4.40 Å². The lowest BCUT2D eigenvalue weighted by atomic mass is 9.82. The molecule has 2 aliphatic rings. The van der Waals surface area contributed by atoms with Gasteiger partial charge in [0.2, 0.25) is 0 Å². The first-order valence-corrected chi connectivity index (χ1v) is 5.79. The van der Waals surface area contributed by atoms with Gasteiger partial charge in [-0.05, 0) is 46.1 Å². The summed E-state index contributed by atoms with van der Waals surface area (Å²) in [6, 6.07) is 0. The molecule has 0 spiro atoms. The predicted molar refractivity (Wildman–Crippen MR) is 60.6 cm³/mol. The van der Waals surface area contributed by atoms with Gasteiger partial charge in [-0.15, -0.1) is 0 Å². The van der Waals surface area contributed by atoms with E-state index in [-0.39, 0.29) is 18.3 Å². The number of nitrogens with zero attached hydrogens (tertiary/aromatic N) is 1. The molecule has 1 unspecified atom stereocenters. The van der Waals surface area contributed by atoms with Gasteiger partial charge in [0.1, 0.15) is 0 Å². The molecule has 2 heterocycles. The lowest BCUT2D eigenvalue weighted by Crippen LogP contribution is -2.41. The summed E-state index contributed by atoms with van der Waals surface area (Å²) in [5.41, 5.74) is -0.443. The van der Waals surface area contributed by atoms with Gasteiger partial charge in [-0.1, -0.05) is 0 Å². The minimum Gasteiger partial charge on any atom is -0.402 e. The van der Waals surface area contributed by atoms with Crippen molar-refractivity contribution in [3.05, 3.63) is 0 Å². The Morgan fingerprint density at radius 1 is 1.29 bits per heavy atom. The Kier molecular flexibility index (Phi) is 2.44. The number of hydrogen-bond donors (Lipinski definition) is 0. The molecule has 1 atom stereocenters. The van der Waals surface area contributed by atoms with Crippen LogP contribution in [-0.2, 0) is 9.31 Å². The first-order valence-electron chi connectivity index (χ1n) is 4.96. The first-order chi connectivity index (χ1) is 6.42. The molecule has 0 aromatic heterocycles. The Labute approximate surface area is 89.9 Å². The van der Waals surface area contributed by atoms with Crippen LogP contribution in [0, 0.1) is 0 Å². The minimum atomic E-state index is -0.221. The van der Waals surface area contributed by atoms with E-state index in [1.165, 1.54) is 0 Å². The second-order valence-electron chi connectivity index (χ2n) is 4.79. The van der Waals surface area contributed by atoms with Crippen molar-refractivity contribution in [2.45, 2.75) is 50.5 Å². The fraction of sp³-hybridized carbons (Fsp3) is 0.889. The van der Waals surface area contributed by atoms with Gasteiger partial charge in [0.25, 0.3) is 0 Å². The first kappa shape index (κ1) is 10.5. The van der Waals surface area contributed by atoms with Crippen molar-refractivity contribution in [3.8, 4) is 0 Å². The summed E-state index contributed by atoms with van der Waals surface area (Å²) in [5.74, 6) is 0. The summed E-state index contributed by atoms with van der Waals surface area (Å²) in [6.45, 7) is 8.31. The van der Waals surface area contributed by atoms with Crippen molar-refractivity contribution >= 4 is 25.3 Å². The van der Waals surface area contributed by atoms with Crippen LogP contribution in [-0.4, -0.2) is 29.7 Å². The molecule has 0 radical (unpaired) electrons. The van der Waals surface area contributed by atoms with E-state index in [0.717, 1.165) is 6.42 Å². The zero-order chi connectivity index (χ0) is 10.4. The Morgan fingerprint density at radius 2 is 1.86 bits per heavy atom. The van der Waals surface area contributed by atoms with Crippen LogP contribution in [0.2, 0.25) is 0 Å². The van der Waals surface area contributed by atoms with E-state index in [4.69, 9.17) is 9.31 Å². The van der Waals surface area contributed by atoms with Gasteiger partial charge >= 0.3 is 7.12 Å². The van der Waals surface area contributed by atoms with E-state index < -0.39 is 0 Å². The molecule has 0 saturated carbocycles. The molecule has 2 rings (SSSR count). The van der Waals surface area contributed by atoms with Gasteiger partial charge < -0.3 is 9.31 Å². The number of rotatable bonds is 1. The second kappa shape index (κ2) is 3.25. The maximum absolute atomic E-state index is 5.92. The zero-order valence-corrected chi connectivity index (χ0v) is 9.93. The largest absolute Gasteiger partial charge is 0.474 e. The fourth-order valence-corrected chi connectivity index (χ4v) is 2.22. The quantitative estimate of drug-likeness (QED) is 0.493. The second-order valence-corrected chi connectivity index (χ2v) is 5.82. The summed E-state index contributed by atoms with van der Waals surface area (Å²) in [4.78, 5) is 0. The topological polar surface area (TPSA) is 30.8 Å². The van der Waals surface area contributed by atoms with Crippen molar-refractivity contribution in [2.24, 2.45) is 4.40 Å². The van der Waals surface area contributed by atoms with E-state index in [9.17, 15) is 0 Å². The zero-order valence-electron chi connectivity index (χ0n) is 9.11. The highest BCUT2D eigenvalue weighted by atomic mass is 32.2. The predicted octanol–water partition coefficient (Wildman–Crippen LogP) is 2.11. The van der Waals surface area contributed by atoms with Crippen LogP contribution in [0.3, 0.4) is 0 Å². The highest BCUT2D eigenvalue weighted by Gasteiger charge is 2.54. The normalized spacial score (nSPS) is 34.0. The highest BCUT2D eigenvalue weighted by molar-refractivity contribution is 8.00. The van der Waals surface area contributed by atoms with E-state index in [1.54, 1.807) is 11.9 Å². The average molecular weight is 213 g/mol. The van der Waals surface area contributed by atoms with Crippen LogP contribution in [0.4, 0.5) is 0 Å². The molecule has 0 aliphatic carbocycles. The molecule has 1 saturated heterocycles. The van der Waals surface area contributed by atoms with Crippen LogP contribution in [0.5, 0.6) is 0 Å². The molecule has 1 fully saturated rings. The monoisotopic (exact) mass is 213 g/mol. The third-order valence-electron chi connectivity index (χ3n) is 3.18. The van der Waals surface area contributed by atoms with E-state index in [0.29, 0.717) is 5.15 Å². The third-order valence-corrected chi connectivity index (χ3v) is 4.14. The van der Waals surface area contributed by atoms with Gasteiger partial charge in [-0.2, -0.15) is 0 Å². The molecule has 0 aromatic carbocycles. The summed E-state index contributed by atoms with van der Waals surface area (Å²) >= 11 is 1.56. The molecule has 0 aromatic rings. The lowest BCUT2D eigenvalue weighted by Gasteiger charge is -2.32. The SMILES string of the molecule is CC1(C)OB(C2CC=NS2)OC1(C)C. The Morgan fingerprint density at radius 3 is 2.29 bits per heavy atom. The molecule has 5 heteroatoms. The standard InChI is InChI=1S/C9H16BNO2S/c1-8(2)9(3,4)13-10(12-8)7-5-6-11-14-7/h6-7H,5H2,1-4H3. The summed E-state index contributed by atoms with van der Waals surface area (Å²) in [7, 11) is -0.118. The highest BCUT2D eigenvalue weighted by Crippen LogP contribution is 2.40. The average Bonchev–Trinajstić information content (AvgIpc) is 2.58. The van der Waals surface area contributed by atoms with E-state index >= 15 is 0 Å². The van der Waals surface area contributed by atoms with Crippen LogP contribution in [0.15, 0.2) is 4.40 Å². The Bertz CT molecular complexity index is 244. The fourth-order valence-electron chi connectivity index (χ4n) is 1.51. The molecule has 2 aliphatic heterocycles. The lowest BCUT2D eigenvalue weighted by molar-refractivity contribution is 0.00578. The molecule has 0 amide bonds. The van der Waals surface area contributed by atoms with Gasteiger partial charge in [0.05, 0.1) is 16.4 Å². The van der Waals surface area contributed by atoms with Crippen LogP contribution < -0.4 is 0 Å². The van der Waals surface area contributed by atoms with Crippen LogP contribution >= 0.6 is 11.9 Å². The third kappa shape index (κ3) is 1.61. The minimum absolute atomic E-state index is 0.118. The van der Waals surface area contributed by atoms with Gasteiger partial charge in [-0.3, -0.25) is 0 Å². The van der Waals surface area contributed by atoms with Gasteiger partial charge in [0.15, 0.2) is 0 Å². The summed E-state index contributed by atoms with van der Waals surface area (Å²) in [5, 5.41) is 0.330. The smallest absolute Gasteiger partial charge is 0.402 e. The van der Waals surface area contributed by atoms with Crippen molar-refractivity contribution in [1.82, 2.24) is 0 Å². The van der Waals surface area contributed by atoms with Crippen molar-refractivity contribution < 1.29 is 9.31 Å². The Balaban J connectivity index is 2.06. The van der Waals surface area contributed by atoms with Crippen molar-refractivity contribution in [3.63, 3.8) is 0 Å². The van der Waals surface area contributed by atoms with Crippen molar-refractivity contribution in [2.75, 3.05) is 0 Å². The van der Waals surface area contributed by atoms with Crippen LogP contribution in [0.1, 0.15) is 34.1 Å². The molecule has 78 valence electrons. The van der Waals surface area contributed by atoms with E-state index in [2.05, 4.69) is 32.1 Å². The van der Waals surface area contributed by atoms with Crippen LogP contribution in [0.25, 0.3) is 0 Å². The maximum Gasteiger partial charge on any atom is 0.474 e. The molecule has 0 bridgehead atoms. The molecular formula is C9H16BNO2S. The maximum atomic E-state index is 5.92. The Hall–Kier alpha value is 0.00494. The molecular weight excluding hydrogens is 197 g/mol. The molecule has 3 nitrogen and oxygen atoms in total. The van der Waals surface area contributed by atoms with Gasteiger partial charge in [0, 0.05) is 6.21 Å². The van der Waals surface area contributed by atoms with E-state index in [1.807, 2.05) is 6.21 Å². The number of hydrogen-bond acceptors (Lipinski definition) is 4. The summed E-state index contributed by atoms with van der Waals surface area (Å²) in [6.07, 6.45) is 2.88. The summed E-state index contributed by atoms with van der Waals surface area (Å²) < 4.78 is 16.0. The van der Waals surface area contributed by atoms with Crippen molar-refractivity contribution in [1.29, 1.82) is 0 Å². The molecule has 14 heavy (non-hydrogen) atoms.